The Labute approximate surface area is 119 Å². The van der Waals surface area contributed by atoms with Crippen molar-refractivity contribution in [3.05, 3.63) is 24.3 Å². The van der Waals surface area contributed by atoms with Gasteiger partial charge in [-0.1, -0.05) is 0 Å². The summed E-state index contributed by atoms with van der Waals surface area (Å²) >= 11 is 0. The number of nitrogens with zero attached hydrogens (tertiary/aromatic N) is 1. The smallest absolute Gasteiger partial charge is 0.226 e. The van der Waals surface area contributed by atoms with Crippen molar-refractivity contribution in [2.45, 2.75) is 6.42 Å². The molecule has 0 unspecified atom stereocenters. The molecular formula is C14H22N2O4. The third-order valence-corrected chi connectivity index (χ3v) is 2.75. The van der Waals surface area contributed by atoms with Gasteiger partial charge in [0.25, 0.3) is 0 Å². The van der Waals surface area contributed by atoms with E-state index in [0.717, 1.165) is 0 Å². The molecular weight excluding hydrogens is 260 g/mol. The van der Waals surface area contributed by atoms with Crippen molar-refractivity contribution < 1.29 is 19.4 Å². The topological polar surface area (TPSA) is 85.0 Å². The van der Waals surface area contributed by atoms with Gasteiger partial charge in [0.05, 0.1) is 26.2 Å². The van der Waals surface area contributed by atoms with Gasteiger partial charge in [0.2, 0.25) is 5.91 Å². The molecule has 20 heavy (non-hydrogen) atoms. The molecule has 3 N–H and O–H groups in total. The van der Waals surface area contributed by atoms with Gasteiger partial charge in [0.15, 0.2) is 0 Å². The van der Waals surface area contributed by atoms with Crippen LogP contribution in [0.25, 0.3) is 0 Å². The van der Waals surface area contributed by atoms with Crippen molar-refractivity contribution in [2.24, 2.45) is 0 Å². The fourth-order valence-corrected chi connectivity index (χ4v) is 1.66. The first-order chi connectivity index (χ1) is 9.67. The number of ether oxygens (including phenoxy) is 2. The highest BCUT2D eigenvalue weighted by atomic mass is 16.5. The highest BCUT2D eigenvalue weighted by Gasteiger charge is 2.12. The molecule has 0 aliphatic carbocycles. The minimum Gasteiger partial charge on any atom is -0.493 e. The van der Waals surface area contributed by atoms with Crippen molar-refractivity contribution in [3.8, 4) is 5.75 Å². The van der Waals surface area contributed by atoms with E-state index in [-0.39, 0.29) is 25.5 Å². The largest absolute Gasteiger partial charge is 0.493 e. The molecule has 1 rings (SSSR count). The van der Waals surface area contributed by atoms with E-state index in [0.29, 0.717) is 31.1 Å². The molecule has 0 atom stereocenters. The minimum atomic E-state index is -0.0634. The standard InChI is InChI=1S/C14H22N2O4/c1-19-11-8-16(7-9-17)14(18)6-10-20-13-4-2-12(15)3-5-13/h2-5,17H,6-11,15H2,1H3. The van der Waals surface area contributed by atoms with E-state index in [1.54, 1.807) is 36.3 Å². The summed E-state index contributed by atoms with van der Waals surface area (Å²) in [5.41, 5.74) is 6.24. The summed E-state index contributed by atoms with van der Waals surface area (Å²) in [6.45, 7) is 1.46. The Kier molecular flexibility index (Phi) is 7.46. The average molecular weight is 282 g/mol. The Balaban J connectivity index is 2.34. The van der Waals surface area contributed by atoms with Gasteiger partial charge < -0.3 is 25.2 Å². The summed E-state index contributed by atoms with van der Waals surface area (Å²) in [5, 5.41) is 8.94. The fraction of sp³-hybridized carbons (Fsp3) is 0.500. The van der Waals surface area contributed by atoms with Crippen LogP contribution in [0, 0.1) is 0 Å². The van der Waals surface area contributed by atoms with E-state index < -0.39 is 0 Å². The third-order valence-electron chi connectivity index (χ3n) is 2.75. The Morgan fingerprint density at radius 1 is 1.25 bits per heavy atom. The predicted octanol–water partition coefficient (Wildman–Crippen LogP) is 0.505. The molecule has 0 saturated heterocycles. The van der Waals surface area contributed by atoms with E-state index in [1.165, 1.54) is 0 Å². The number of aliphatic hydroxyl groups is 1. The van der Waals surface area contributed by atoms with Gasteiger partial charge in [-0.15, -0.1) is 0 Å². The van der Waals surface area contributed by atoms with Crippen molar-refractivity contribution >= 4 is 11.6 Å². The first-order valence-corrected chi connectivity index (χ1v) is 6.53. The van der Waals surface area contributed by atoms with Crippen LogP contribution in [-0.2, 0) is 9.53 Å². The summed E-state index contributed by atoms with van der Waals surface area (Å²) in [4.78, 5) is 13.5. The van der Waals surface area contributed by atoms with Crippen molar-refractivity contribution in [3.63, 3.8) is 0 Å². The maximum absolute atomic E-state index is 11.9. The second-order valence-electron chi connectivity index (χ2n) is 4.26. The van der Waals surface area contributed by atoms with Crippen molar-refractivity contribution in [2.75, 3.05) is 45.8 Å². The molecule has 1 aromatic carbocycles. The van der Waals surface area contributed by atoms with Crippen LogP contribution < -0.4 is 10.5 Å². The number of nitrogens with two attached hydrogens (primary N) is 1. The number of rotatable bonds is 9. The Morgan fingerprint density at radius 2 is 1.95 bits per heavy atom. The van der Waals surface area contributed by atoms with E-state index >= 15 is 0 Å². The number of carbonyl (C=O) groups is 1. The molecule has 0 saturated carbocycles. The lowest BCUT2D eigenvalue weighted by molar-refractivity contribution is -0.132. The molecule has 6 heteroatoms. The van der Waals surface area contributed by atoms with Crippen LogP contribution >= 0.6 is 0 Å². The second kappa shape index (κ2) is 9.17. The van der Waals surface area contributed by atoms with E-state index in [1.807, 2.05) is 0 Å². The summed E-state index contributed by atoms with van der Waals surface area (Å²) in [7, 11) is 1.58. The maximum Gasteiger partial charge on any atom is 0.226 e. The second-order valence-corrected chi connectivity index (χ2v) is 4.26. The zero-order valence-corrected chi connectivity index (χ0v) is 11.7. The summed E-state index contributed by atoms with van der Waals surface area (Å²) in [5.74, 6) is 0.615. The molecule has 1 amide bonds. The zero-order valence-electron chi connectivity index (χ0n) is 11.7. The lowest BCUT2D eigenvalue weighted by Gasteiger charge is -2.21. The monoisotopic (exact) mass is 282 g/mol. The minimum absolute atomic E-state index is 0.0612. The van der Waals surface area contributed by atoms with E-state index in [2.05, 4.69) is 0 Å². The van der Waals surface area contributed by atoms with Gasteiger partial charge in [-0.25, -0.2) is 0 Å². The van der Waals surface area contributed by atoms with Crippen LogP contribution in [0.1, 0.15) is 6.42 Å². The lowest BCUT2D eigenvalue weighted by Crippen LogP contribution is -2.36. The number of carbonyl (C=O) groups excluding carboxylic acids is 1. The van der Waals surface area contributed by atoms with Gasteiger partial charge in [0.1, 0.15) is 5.75 Å². The highest BCUT2D eigenvalue weighted by Crippen LogP contribution is 2.13. The van der Waals surface area contributed by atoms with Crippen LogP contribution in [-0.4, -0.2) is 55.9 Å². The number of hydrogen-bond acceptors (Lipinski definition) is 5. The fourth-order valence-electron chi connectivity index (χ4n) is 1.66. The number of amides is 1. The molecule has 0 radical (unpaired) electrons. The number of hydrogen-bond donors (Lipinski definition) is 2. The first-order valence-electron chi connectivity index (χ1n) is 6.53. The molecule has 0 spiro atoms. The van der Waals surface area contributed by atoms with Crippen LogP contribution in [0.2, 0.25) is 0 Å². The normalized spacial score (nSPS) is 10.3. The van der Waals surface area contributed by atoms with Crippen LogP contribution in [0.4, 0.5) is 5.69 Å². The van der Waals surface area contributed by atoms with Gasteiger partial charge in [-0.05, 0) is 24.3 Å². The number of anilines is 1. The van der Waals surface area contributed by atoms with Gasteiger partial charge in [-0.2, -0.15) is 0 Å². The van der Waals surface area contributed by atoms with E-state index in [4.69, 9.17) is 20.3 Å². The summed E-state index contributed by atoms with van der Waals surface area (Å²) < 4.78 is 10.4. The number of nitrogen functional groups attached to an aromatic ring is 1. The van der Waals surface area contributed by atoms with Gasteiger partial charge >= 0.3 is 0 Å². The lowest BCUT2D eigenvalue weighted by atomic mass is 10.3. The number of benzene rings is 1. The molecule has 6 nitrogen and oxygen atoms in total. The zero-order chi connectivity index (χ0) is 14.8. The molecule has 0 aliphatic rings. The Morgan fingerprint density at radius 3 is 2.55 bits per heavy atom. The molecule has 0 aromatic heterocycles. The quantitative estimate of drug-likeness (QED) is 0.644. The molecule has 0 bridgehead atoms. The molecule has 112 valence electrons. The predicted molar refractivity (Wildman–Crippen MR) is 76.5 cm³/mol. The third kappa shape index (κ3) is 5.90. The summed E-state index contributed by atoms with van der Waals surface area (Å²) in [6.07, 6.45) is 0.258. The van der Waals surface area contributed by atoms with Crippen molar-refractivity contribution in [1.29, 1.82) is 0 Å². The van der Waals surface area contributed by atoms with Crippen molar-refractivity contribution in [1.82, 2.24) is 4.90 Å². The highest BCUT2D eigenvalue weighted by molar-refractivity contribution is 5.76. The van der Waals surface area contributed by atoms with Crippen LogP contribution in [0.3, 0.4) is 0 Å². The van der Waals surface area contributed by atoms with Gasteiger partial charge in [0, 0.05) is 25.9 Å². The SMILES string of the molecule is COCCN(CCO)C(=O)CCOc1ccc(N)cc1. The number of methoxy groups -OCH3 is 1. The molecule has 0 heterocycles. The Bertz CT molecular complexity index is 395. The molecule has 0 fully saturated rings. The average Bonchev–Trinajstić information content (AvgIpc) is 2.45. The first kappa shape index (κ1) is 16.3. The molecule has 1 aromatic rings. The summed E-state index contributed by atoms with van der Waals surface area (Å²) in [6, 6.07) is 7.01. The molecule has 0 aliphatic heterocycles. The Hall–Kier alpha value is -1.79. The van der Waals surface area contributed by atoms with E-state index in [9.17, 15) is 4.79 Å². The van der Waals surface area contributed by atoms with Gasteiger partial charge in [-0.3, -0.25) is 4.79 Å². The van der Waals surface area contributed by atoms with Crippen LogP contribution in [0.15, 0.2) is 24.3 Å². The van der Waals surface area contributed by atoms with Crippen LogP contribution in [0.5, 0.6) is 5.75 Å². The maximum atomic E-state index is 11.9. The number of aliphatic hydroxyl groups excluding tert-OH is 1.